The normalized spacial score (nSPS) is 33.8. The first-order valence-electron chi connectivity index (χ1n) is 7.68. The van der Waals surface area contributed by atoms with Crippen LogP contribution in [0.3, 0.4) is 0 Å². The zero-order valence-corrected chi connectivity index (χ0v) is 14.8. The van der Waals surface area contributed by atoms with Crippen molar-refractivity contribution < 1.29 is 31.9 Å². The summed E-state index contributed by atoms with van der Waals surface area (Å²) in [6, 6.07) is 7.85. The topological polar surface area (TPSA) is 115 Å². The highest BCUT2D eigenvalue weighted by molar-refractivity contribution is 7.86. The summed E-state index contributed by atoms with van der Waals surface area (Å²) in [6.07, 6.45) is -3.26. The van der Waals surface area contributed by atoms with E-state index in [1.807, 2.05) is 6.92 Å². The molecule has 4 atom stereocenters. The van der Waals surface area contributed by atoms with Gasteiger partial charge in [-0.2, -0.15) is 13.7 Å². The minimum absolute atomic E-state index is 0.0228. The molecule has 2 aliphatic rings. The number of rotatable bonds is 4. The number of nitriles is 1. The Kier molecular flexibility index (Phi) is 4.39. The summed E-state index contributed by atoms with van der Waals surface area (Å²) in [5.41, 5.74) is -1.18. The Morgan fingerprint density at radius 1 is 1.28 bits per heavy atom. The van der Waals surface area contributed by atoms with Crippen molar-refractivity contribution in [3.05, 3.63) is 29.8 Å². The van der Waals surface area contributed by atoms with E-state index in [0.29, 0.717) is 0 Å². The van der Waals surface area contributed by atoms with Crippen LogP contribution in [0.15, 0.2) is 29.2 Å². The van der Waals surface area contributed by atoms with E-state index in [4.69, 9.17) is 18.4 Å². The van der Waals surface area contributed by atoms with Gasteiger partial charge in [0.2, 0.25) is 5.60 Å². The van der Waals surface area contributed by atoms with E-state index >= 15 is 0 Å². The molecule has 3 rings (SSSR count). The van der Waals surface area contributed by atoms with E-state index in [0.717, 1.165) is 5.56 Å². The van der Waals surface area contributed by atoms with Gasteiger partial charge in [0, 0.05) is 0 Å². The van der Waals surface area contributed by atoms with Crippen LogP contribution in [0.25, 0.3) is 0 Å². The number of fused-ring (bicyclic) bond motifs is 1. The smallest absolute Gasteiger partial charge is 0.297 e. The zero-order valence-electron chi connectivity index (χ0n) is 14.0. The summed E-state index contributed by atoms with van der Waals surface area (Å²) in [5, 5.41) is 20.0. The fourth-order valence-electron chi connectivity index (χ4n) is 2.80. The lowest BCUT2D eigenvalue weighted by molar-refractivity contribution is -0.225. The largest absolute Gasteiger partial charge is 0.371 e. The third-order valence-electron chi connectivity index (χ3n) is 4.14. The molecule has 1 aromatic rings. The van der Waals surface area contributed by atoms with Gasteiger partial charge in [-0.05, 0) is 32.9 Å². The molecule has 0 aromatic heterocycles. The zero-order chi connectivity index (χ0) is 18.5. The maximum atomic E-state index is 12.2. The van der Waals surface area contributed by atoms with Crippen molar-refractivity contribution in [2.75, 3.05) is 6.61 Å². The molecule has 0 spiro atoms. The quantitative estimate of drug-likeness (QED) is 0.613. The Labute approximate surface area is 146 Å². The number of hydrogen-bond acceptors (Lipinski definition) is 8. The molecule has 2 saturated heterocycles. The van der Waals surface area contributed by atoms with E-state index < -0.39 is 46.6 Å². The molecule has 136 valence electrons. The van der Waals surface area contributed by atoms with Crippen LogP contribution in [-0.2, 0) is 28.5 Å². The predicted molar refractivity (Wildman–Crippen MR) is 83.6 cm³/mol. The molecule has 2 fully saturated rings. The lowest BCUT2D eigenvalue weighted by Gasteiger charge is -2.27. The van der Waals surface area contributed by atoms with Crippen molar-refractivity contribution in [3.63, 3.8) is 0 Å². The van der Waals surface area contributed by atoms with Crippen molar-refractivity contribution in [1.82, 2.24) is 0 Å². The van der Waals surface area contributed by atoms with Gasteiger partial charge in [0.15, 0.2) is 18.2 Å². The van der Waals surface area contributed by atoms with Gasteiger partial charge in [-0.3, -0.25) is 4.18 Å². The second-order valence-electron chi connectivity index (χ2n) is 6.54. The van der Waals surface area contributed by atoms with Crippen molar-refractivity contribution in [1.29, 1.82) is 5.26 Å². The lowest BCUT2D eigenvalue weighted by Crippen LogP contribution is -2.49. The van der Waals surface area contributed by atoms with Crippen LogP contribution in [-0.4, -0.2) is 50.0 Å². The van der Waals surface area contributed by atoms with E-state index in [9.17, 15) is 18.8 Å². The molecule has 25 heavy (non-hydrogen) atoms. The van der Waals surface area contributed by atoms with Gasteiger partial charge in [0.05, 0.1) is 11.5 Å². The Balaban J connectivity index is 1.73. The number of aryl methyl sites for hydroxylation is 1. The Hall–Kier alpha value is -1.54. The molecule has 0 amide bonds. The van der Waals surface area contributed by atoms with Crippen LogP contribution >= 0.6 is 0 Å². The number of hydrogen-bond donors (Lipinski definition) is 1. The standard InChI is InChI=1S/C16H19NO7S/c1-10-4-6-11(7-5-10)25(19,20)21-8-12-16(18,9-17)13-14(22-12)24-15(2,3)23-13/h4-7,12-14,18H,8H2,1-3H3/t12-,13+,14-,16-/m1/s1. The summed E-state index contributed by atoms with van der Waals surface area (Å²) >= 11 is 0. The van der Waals surface area contributed by atoms with E-state index in [1.54, 1.807) is 32.0 Å². The molecule has 0 aliphatic carbocycles. The summed E-state index contributed by atoms with van der Waals surface area (Å²) < 4.78 is 45.9. The highest BCUT2D eigenvalue weighted by Gasteiger charge is 2.64. The molecule has 1 N–H and O–H groups in total. The van der Waals surface area contributed by atoms with Gasteiger partial charge in [-0.25, -0.2) is 0 Å². The van der Waals surface area contributed by atoms with Gasteiger partial charge in [-0.1, -0.05) is 17.7 Å². The summed E-state index contributed by atoms with van der Waals surface area (Å²) in [6.45, 7) is 4.54. The highest BCUT2D eigenvalue weighted by atomic mass is 32.2. The minimum atomic E-state index is -4.05. The van der Waals surface area contributed by atoms with E-state index in [-0.39, 0.29) is 4.90 Å². The van der Waals surface area contributed by atoms with Gasteiger partial charge < -0.3 is 19.3 Å². The summed E-state index contributed by atoms with van der Waals surface area (Å²) in [4.78, 5) is -0.0228. The summed E-state index contributed by atoms with van der Waals surface area (Å²) in [7, 11) is -4.05. The Morgan fingerprint density at radius 3 is 2.52 bits per heavy atom. The number of ether oxygens (including phenoxy) is 3. The SMILES string of the molecule is Cc1ccc(S(=O)(=O)OC[C@H]2O[C@@H]3OC(C)(C)O[C@@H]3[C@@]2(O)C#N)cc1. The predicted octanol–water partition coefficient (Wildman–Crippen LogP) is 0.831. The highest BCUT2D eigenvalue weighted by Crippen LogP contribution is 2.43. The van der Waals surface area contributed by atoms with Crippen LogP contribution in [0.5, 0.6) is 0 Å². The van der Waals surface area contributed by atoms with E-state index in [1.165, 1.54) is 12.1 Å². The maximum absolute atomic E-state index is 12.2. The molecule has 1 aromatic carbocycles. The Morgan fingerprint density at radius 2 is 1.92 bits per heavy atom. The molecule has 0 bridgehead atoms. The third-order valence-corrected chi connectivity index (χ3v) is 5.44. The fraction of sp³-hybridized carbons (Fsp3) is 0.562. The molecule has 0 unspecified atom stereocenters. The summed E-state index contributed by atoms with van der Waals surface area (Å²) in [5.74, 6) is -1.01. The molecular weight excluding hydrogens is 350 g/mol. The second-order valence-corrected chi connectivity index (χ2v) is 8.15. The van der Waals surface area contributed by atoms with Gasteiger partial charge in [0.25, 0.3) is 10.1 Å². The average Bonchev–Trinajstić information content (AvgIpc) is 2.97. The number of benzene rings is 1. The van der Waals surface area contributed by atoms with Crippen LogP contribution in [0.1, 0.15) is 19.4 Å². The first-order chi connectivity index (χ1) is 11.6. The van der Waals surface area contributed by atoms with Crippen molar-refractivity contribution in [2.45, 2.75) is 55.6 Å². The fourth-order valence-corrected chi connectivity index (χ4v) is 3.71. The van der Waals surface area contributed by atoms with Gasteiger partial charge >= 0.3 is 0 Å². The monoisotopic (exact) mass is 369 g/mol. The van der Waals surface area contributed by atoms with Crippen molar-refractivity contribution in [2.24, 2.45) is 0 Å². The third kappa shape index (κ3) is 3.29. The van der Waals surface area contributed by atoms with Crippen molar-refractivity contribution in [3.8, 4) is 6.07 Å². The lowest BCUT2D eigenvalue weighted by atomic mass is 9.95. The molecule has 0 radical (unpaired) electrons. The van der Waals surface area contributed by atoms with Crippen molar-refractivity contribution >= 4 is 10.1 Å². The Bertz CT molecular complexity index is 799. The van der Waals surface area contributed by atoms with E-state index in [2.05, 4.69) is 0 Å². The van der Waals surface area contributed by atoms with Crippen LogP contribution < -0.4 is 0 Å². The van der Waals surface area contributed by atoms with Crippen LogP contribution in [0.2, 0.25) is 0 Å². The molecule has 9 heteroatoms. The average molecular weight is 369 g/mol. The van der Waals surface area contributed by atoms with Crippen LogP contribution in [0, 0.1) is 18.3 Å². The van der Waals surface area contributed by atoms with Gasteiger partial charge in [0.1, 0.15) is 12.2 Å². The minimum Gasteiger partial charge on any atom is -0.371 e. The number of aliphatic hydroxyl groups is 1. The molecule has 2 heterocycles. The molecule has 2 aliphatic heterocycles. The second kappa shape index (κ2) is 6.02. The molecular formula is C16H19NO7S. The van der Waals surface area contributed by atoms with Gasteiger partial charge in [-0.15, -0.1) is 0 Å². The molecule has 0 saturated carbocycles. The van der Waals surface area contributed by atoms with Crippen LogP contribution in [0.4, 0.5) is 0 Å². The first-order valence-corrected chi connectivity index (χ1v) is 9.09. The molecule has 8 nitrogen and oxygen atoms in total. The number of nitrogens with zero attached hydrogens (tertiary/aromatic N) is 1. The first kappa shape index (κ1) is 18.3. The maximum Gasteiger partial charge on any atom is 0.297 e.